The molecular formula is C17H16ClN3O. The molecule has 0 aliphatic rings. The molecule has 0 saturated heterocycles. The first-order valence-corrected chi connectivity index (χ1v) is 7.40. The van der Waals surface area contributed by atoms with Gasteiger partial charge in [-0.05, 0) is 43.7 Å². The zero-order valence-electron chi connectivity index (χ0n) is 12.4. The fourth-order valence-corrected chi connectivity index (χ4v) is 2.78. The van der Waals surface area contributed by atoms with Crippen LogP contribution < -0.4 is 11.3 Å². The van der Waals surface area contributed by atoms with Gasteiger partial charge in [-0.2, -0.15) is 0 Å². The quantitative estimate of drug-likeness (QED) is 0.789. The number of nitrogens with two attached hydrogens (primary N) is 1. The van der Waals surface area contributed by atoms with Gasteiger partial charge in [-0.25, -0.2) is 4.98 Å². The van der Waals surface area contributed by atoms with E-state index in [0.717, 1.165) is 11.3 Å². The fourth-order valence-electron chi connectivity index (χ4n) is 2.53. The molecule has 3 aromatic rings. The minimum Gasteiger partial charge on any atom is -0.322 e. The first-order valence-electron chi connectivity index (χ1n) is 7.03. The SMILES string of the molecule is Cc1cccc(-n2c(C(C)N)nc3cccc(Cl)c3c2=O)c1. The molecule has 1 heterocycles. The van der Waals surface area contributed by atoms with E-state index < -0.39 is 0 Å². The summed E-state index contributed by atoms with van der Waals surface area (Å²) in [6, 6.07) is 12.5. The number of aromatic nitrogens is 2. The average Bonchev–Trinajstić information content (AvgIpc) is 2.46. The van der Waals surface area contributed by atoms with Crippen LogP contribution in [0.25, 0.3) is 16.6 Å². The van der Waals surface area contributed by atoms with E-state index in [9.17, 15) is 4.79 Å². The molecule has 0 bridgehead atoms. The number of nitrogens with zero attached hydrogens (tertiary/aromatic N) is 2. The lowest BCUT2D eigenvalue weighted by atomic mass is 10.2. The van der Waals surface area contributed by atoms with Crippen LogP contribution in [-0.2, 0) is 0 Å². The first-order chi connectivity index (χ1) is 10.5. The summed E-state index contributed by atoms with van der Waals surface area (Å²) in [7, 11) is 0. The van der Waals surface area contributed by atoms with Gasteiger partial charge in [-0.3, -0.25) is 9.36 Å². The Morgan fingerprint density at radius 3 is 2.64 bits per heavy atom. The Morgan fingerprint density at radius 1 is 1.23 bits per heavy atom. The topological polar surface area (TPSA) is 60.9 Å². The summed E-state index contributed by atoms with van der Waals surface area (Å²) in [6.07, 6.45) is 0. The Bertz CT molecular complexity index is 915. The van der Waals surface area contributed by atoms with Crippen molar-refractivity contribution in [3.8, 4) is 5.69 Å². The normalized spacial score (nSPS) is 12.5. The molecule has 112 valence electrons. The second kappa shape index (κ2) is 5.55. The minimum atomic E-state index is -0.378. The fraction of sp³-hybridized carbons (Fsp3) is 0.176. The third kappa shape index (κ3) is 2.40. The molecule has 5 heteroatoms. The lowest BCUT2D eigenvalue weighted by Gasteiger charge is -2.16. The maximum absolute atomic E-state index is 13.0. The predicted octanol–water partition coefficient (Wildman–Crippen LogP) is 3.37. The van der Waals surface area contributed by atoms with Gasteiger partial charge < -0.3 is 5.73 Å². The van der Waals surface area contributed by atoms with Crippen LogP contribution >= 0.6 is 11.6 Å². The summed E-state index contributed by atoms with van der Waals surface area (Å²) in [5.74, 6) is 0.519. The number of aryl methyl sites for hydroxylation is 1. The number of hydrogen-bond donors (Lipinski definition) is 1. The zero-order chi connectivity index (χ0) is 15.9. The molecule has 3 rings (SSSR count). The van der Waals surface area contributed by atoms with Crippen LogP contribution in [0.3, 0.4) is 0 Å². The molecule has 0 radical (unpaired) electrons. The van der Waals surface area contributed by atoms with E-state index in [1.54, 1.807) is 22.8 Å². The highest BCUT2D eigenvalue weighted by Crippen LogP contribution is 2.22. The van der Waals surface area contributed by atoms with E-state index in [0.29, 0.717) is 21.7 Å². The molecule has 22 heavy (non-hydrogen) atoms. The summed E-state index contributed by atoms with van der Waals surface area (Å²) in [5.41, 5.74) is 8.19. The molecule has 1 atom stereocenters. The molecule has 0 amide bonds. The van der Waals surface area contributed by atoms with E-state index >= 15 is 0 Å². The molecule has 1 unspecified atom stereocenters. The third-order valence-corrected chi connectivity index (χ3v) is 3.85. The Hall–Kier alpha value is -2.17. The molecule has 0 fully saturated rings. The zero-order valence-corrected chi connectivity index (χ0v) is 13.1. The van der Waals surface area contributed by atoms with Crippen LogP contribution in [0.15, 0.2) is 47.3 Å². The molecule has 2 N–H and O–H groups in total. The Labute approximate surface area is 133 Å². The van der Waals surface area contributed by atoms with Crippen LogP contribution in [0, 0.1) is 6.92 Å². The Kier molecular flexibility index (Phi) is 3.72. The number of hydrogen-bond acceptors (Lipinski definition) is 3. The van der Waals surface area contributed by atoms with Gasteiger partial charge in [0.05, 0.1) is 27.7 Å². The number of benzene rings is 2. The molecule has 0 aliphatic heterocycles. The van der Waals surface area contributed by atoms with Crippen molar-refractivity contribution in [2.45, 2.75) is 19.9 Å². The van der Waals surface area contributed by atoms with Crippen LogP contribution in [0.4, 0.5) is 0 Å². The number of halogens is 1. The highest BCUT2D eigenvalue weighted by atomic mass is 35.5. The third-order valence-electron chi connectivity index (χ3n) is 3.54. The molecule has 4 nitrogen and oxygen atoms in total. The van der Waals surface area contributed by atoms with Crippen molar-refractivity contribution in [3.05, 3.63) is 69.2 Å². The molecule has 0 spiro atoms. The van der Waals surface area contributed by atoms with Crippen LogP contribution in [-0.4, -0.2) is 9.55 Å². The van der Waals surface area contributed by atoms with Crippen molar-refractivity contribution in [1.29, 1.82) is 0 Å². The monoisotopic (exact) mass is 313 g/mol. The molecule has 0 saturated carbocycles. The lowest BCUT2D eigenvalue weighted by Crippen LogP contribution is -2.27. The van der Waals surface area contributed by atoms with Crippen molar-refractivity contribution in [1.82, 2.24) is 9.55 Å². The Balaban J connectivity index is 2.46. The first kappa shape index (κ1) is 14.8. The van der Waals surface area contributed by atoms with Gasteiger partial charge in [0.25, 0.3) is 5.56 Å². The van der Waals surface area contributed by atoms with Gasteiger partial charge in [0, 0.05) is 0 Å². The molecular weight excluding hydrogens is 298 g/mol. The molecule has 2 aromatic carbocycles. The highest BCUT2D eigenvalue weighted by Gasteiger charge is 2.17. The van der Waals surface area contributed by atoms with E-state index in [1.165, 1.54) is 0 Å². The second-order valence-corrected chi connectivity index (χ2v) is 5.78. The maximum atomic E-state index is 13.0. The average molecular weight is 314 g/mol. The summed E-state index contributed by atoms with van der Waals surface area (Å²) < 4.78 is 1.55. The van der Waals surface area contributed by atoms with Gasteiger partial charge in [0.15, 0.2) is 0 Å². The smallest absolute Gasteiger partial charge is 0.267 e. The van der Waals surface area contributed by atoms with Gasteiger partial charge in [-0.1, -0.05) is 29.8 Å². The van der Waals surface area contributed by atoms with Crippen molar-refractivity contribution in [3.63, 3.8) is 0 Å². The van der Waals surface area contributed by atoms with E-state index in [4.69, 9.17) is 17.3 Å². The standard InChI is InChI=1S/C17H16ClN3O/c1-10-5-3-6-12(9-10)21-16(11(2)19)20-14-8-4-7-13(18)15(14)17(21)22/h3-9,11H,19H2,1-2H3. The van der Waals surface area contributed by atoms with Gasteiger partial charge in [0.1, 0.15) is 5.82 Å². The van der Waals surface area contributed by atoms with Crippen molar-refractivity contribution < 1.29 is 0 Å². The van der Waals surface area contributed by atoms with E-state index in [-0.39, 0.29) is 11.6 Å². The van der Waals surface area contributed by atoms with Gasteiger partial charge >= 0.3 is 0 Å². The summed E-state index contributed by atoms with van der Waals surface area (Å²) in [5, 5.41) is 0.808. The minimum absolute atomic E-state index is 0.200. The molecule has 0 aliphatic carbocycles. The van der Waals surface area contributed by atoms with Gasteiger partial charge in [-0.15, -0.1) is 0 Å². The highest BCUT2D eigenvalue weighted by molar-refractivity contribution is 6.35. The largest absolute Gasteiger partial charge is 0.322 e. The summed E-state index contributed by atoms with van der Waals surface area (Å²) in [4.78, 5) is 17.5. The van der Waals surface area contributed by atoms with E-state index in [2.05, 4.69) is 4.98 Å². The van der Waals surface area contributed by atoms with Crippen molar-refractivity contribution in [2.75, 3.05) is 0 Å². The van der Waals surface area contributed by atoms with E-state index in [1.807, 2.05) is 38.1 Å². The predicted molar refractivity (Wildman–Crippen MR) is 89.7 cm³/mol. The number of rotatable bonds is 2. The Morgan fingerprint density at radius 2 is 1.95 bits per heavy atom. The van der Waals surface area contributed by atoms with Crippen molar-refractivity contribution in [2.24, 2.45) is 5.73 Å². The second-order valence-electron chi connectivity index (χ2n) is 5.37. The van der Waals surface area contributed by atoms with Crippen molar-refractivity contribution >= 4 is 22.5 Å². The lowest BCUT2D eigenvalue weighted by molar-refractivity contribution is 0.696. The van der Waals surface area contributed by atoms with Crippen LogP contribution in [0.1, 0.15) is 24.4 Å². The van der Waals surface area contributed by atoms with Crippen LogP contribution in [0.5, 0.6) is 0 Å². The maximum Gasteiger partial charge on any atom is 0.267 e. The van der Waals surface area contributed by atoms with Crippen LogP contribution in [0.2, 0.25) is 5.02 Å². The van der Waals surface area contributed by atoms with Gasteiger partial charge in [0.2, 0.25) is 0 Å². The number of fused-ring (bicyclic) bond motifs is 1. The summed E-state index contributed by atoms with van der Waals surface area (Å²) >= 11 is 6.20. The molecule has 1 aromatic heterocycles. The summed E-state index contributed by atoms with van der Waals surface area (Å²) in [6.45, 7) is 3.78.